The first kappa shape index (κ1) is 19.2. The number of esters is 1. The summed E-state index contributed by atoms with van der Waals surface area (Å²) in [7, 11) is 0. The summed E-state index contributed by atoms with van der Waals surface area (Å²) in [6.07, 6.45) is 1.77. The first-order valence-electron chi connectivity index (χ1n) is 7.71. The van der Waals surface area contributed by atoms with Gasteiger partial charge in [0, 0.05) is 6.20 Å². The van der Waals surface area contributed by atoms with Gasteiger partial charge in [0.2, 0.25) is 0 Å². The lowest BCUT2D eigenvalue weighted by Crippen LogP contribution is -2.30. The van der Waals surface area contributed by atoms with E-state index in [1.165, 1.54) is 19.2 Å². The molecule has 1 N–H and O–H groups in total. The molecule has 0 unspecified atom stereocenters. The van der Waals surface area contributed by atoms with Crippen LogP contribution in [0.2, 0.25) is 5.15 Å². The molecule has 1 heterocycles. The maximum absolute atomic E-state index is 12.1. The van der Waals surface area contributed by atoms with Crippen molar-refractivity contribution in [3.8, 4) is 6.07 Å². The van der Waals surface area contributed by atoms with E-state index in [2.05, 4.69) is 10.3 Å². The van der Waals surface area contributed by atoms with E-state index in [1.807, 2.05) is 19.1 Å². The molecule has 0 fully saturated rings. The van der Waals surface area contributed by atoms with Crippen LogP contribution in [0.15, 0.2) is 48.2 Å². The topological polar surface area (TPSA) is 92.1 Å². The normalized spacial score (nSPS) is 12.0. The molecule has 26 heavy (non-hydrogen) atoms. The maximum atomic E-state index is 12.1. The van der Waals surface area contributed by atoms with Gasteiger partial charge in [0.15, 0.2) is 11.3 Å². The van der Waals surface area contributed by atoms with Crippen LogP contribution >= 0.6 is 11.6 Å². The van der Waals surface area contributed by atoms with Crippen LogP contribution in [0.5, 0.6) is 0 Å². The van der Waals surface area contributed by atoms with E-state index in [-0.39, 0.29) is 10.7 Å². The van der Waals surface area contributed by atoms with E-state index >= 15 is 0 Å². The van der Waals surface area contributed by atoms with E-state index in [9.17, 15) is 14.9 Å². The number of benzene rings is 1. The molecule has 0 radical (unpaired) electrons. The van der Waals surface area contributed by atoms with Crippen molar-refractivity contribution in [1.29, 1.82) is 5.26 Å². The quantitative estimate of drug-likeness (QED) is 0.377. The second kappa shape index (κ2) is 8.79. The molecule has 0 saturated heterocycles. The van der Waals surface area contributed by atoms with Crippen LogP contribution in [0.1, 0.15) is 18.1 Å². The number of carbonyl (C=O) groups is 2. The summed E-state index contributed by atoms with van der Waals surface area (Å²) in [5, 5.41) is 11.8. The number of ether oxygens (including phenoxy) is 1. The smallest absolute Gasteiger partial charge is 0.349 e. The predicted octanol–water partition coefficient (Wildman–Crippen LogP) is 3.52. The zero-order chi connectivity index (χ0) is 19.1. The highest BCUT2D eigenvalue weighted by Gasteiger charge is 2.21. The average Bonchev–Trinajstić information content (AvgIpc) is 2.62. The minimum atomic E-state index is -1.12. The molecular formula is C19H16ClN3O3. The lowest BCUT2D eigenvalue weighted by molar-refractivity contribution is -0.148. The number of hydrogen-bond acceptors (Lipinski definition) is 5. The van der Waals surface area contributed by atoms with Gasteiger partial charge in [0.1, 0.15) is 11.6 Å². The second-order valence-electron chi connectivity index (χ2n) is 5.46. The van der Waals surface area contributed by atoms with E-state index in [1.54, 1.807) is 30.3 Å². The minimum Gasteiger partial charge on any atom is -0.448 e. The largest absolute Gasteiger partial charge is 0.448 e. The first-order valence-corrected chi connectivity index (χ1v) is 8.09. The van der Waals surface area contributed by atoms with Crippen LogP contribution in [-0.2, 0) is 14.3 Å². The number of carbonyl (C=O) groups excluding carboxylic acids is 2. The maximum Gasteiger partial charge on any atom is 0.349 e. The van der Waals surface area contributed by atoms with Crippen LogP contribution < -0.4 is 5.32 Å². The van der Waals surface area contributed by atoms with E-state index < -0.39 is 18.0 Å². The molecule has 132 valence electrons. The fourth-order valence-corrected chi connectivity index (χ4v) is 2.12. The Balaban J connectivity index is 2.04. The number of aromatic nitrogens is 1. The van der Waals surface area contributed by atoms with Crippen molar-refractivity contribution in [2.24, 2.45) is 0 Å². The molecule has 7 heteroatoms. The fourth-order valence-electron chi connectivity index (χ4n) is 1.96. The number of nitrogens with one attached hydrogen (secondary N) is 1. The monoisotopic (exact) mass is 369 g/mol. The van der Waals surface area contributed by atoms with Gasteiger partial charge in [-0.2, -0.15) is 5.26 Å². The molecule has 0 aliphatic rings. The Bertz CT molecular complexity index is 886. The molecule has 0 aliphatic heterocycles. The van der Waals surface area contributed by atoms with Crippen LogP contribution in [0.3, 0.4) is 0 Å². The van der Waals surface area contributed by atoms with E-state index in [0.29, 0.717) is 11.3 Å². The second-order valence-corrected chi connectivity index (χ2v) is 5.82. The predicted molar refractivity (Wildman–Crippen MR) is 98.2 cm³/mol. The zero-order valence-electron chi connectivity index (χ0n) is 14.2. The number of anilines is 1. The highest BCUT2D eigenvalue weighted by Crippen LogP contribution is 2.18. The molecule has 1 atom stereocenters. The van der Waals surface area contributed by atoms with Crippen molar-refractivity contribution < 1.29 is 14.3 Å². The van der Waals surface area contributed by atoms with Crippen molar-refractivity contribution >= 4 is 35.2 Å². The standard InChI is InChI=1S/C19H16ClN3O3/c1-12-5-7-14(8-6-12)10-15(11-21)19(25)26-13(2)18(24)23-16-4-3-9-22-17(16)20/h3-10,13H,1-2H3,(H,23,24)/b15-10+/t13-/m1/s1. The van der Waals surface area contributed by atoms with Gasteiger partial charge >= 0.3 is 5.97 Å². The molecule has 0 aliphatic carbocycles. The van der Waals surface area contributed by atoms with E-state index in [4.69, 9.17) is 16.3 Å². The van der Waals surface area contributed by atoms with Crippen LogP contribution in [0.4, 0.5) is 5.69 Å². The molecule has 1 amide bonds. The zero-order valence-corrected chi connectivity index (χ0v) is 14.9. The summed E-state index contributed by atoms with van der Waals surface area (Å²) in [5.41, 5.74) is 1.84. The summed E-state index contributed by atoms with van der Waals surface area (Å²) >= 11 is 5.87. The van der Waals surface area contributed by atoms with Crippen molar-refractivity contribution in [3.63, 3.8) is 0 Å². The molecule has 1 aromatic carbocycles. The Morgan fingerprint density at radius 1 is 1.31 bits per heavy atom. The summed E-state index contributed by atoms with van der Waals surface area (Å²) in [4.78, 5) is 28.1. The SMILES string of the molecule is Cc1ccc(/C=C(\C#N)C(=O)O[C@H](C)C(=O)Nc2cccnc2Cl)cc1. The molecule has 2 aromatic rings. The molecule has 2 rings (SSSR count). The fraction of sp³-hybridized carbons (Fsp3) is 0.158. The van der Waals surface area contributed by atoms with Gasteiger partial charge < -0.3 is 10.1 Å². The van der Waals surface area contributed by atoms with Gasteiger partial charge in [-0.05, 0) is 37.6 Å². The van der Waals surface area contributed by atoms with Crippen molar-refractivity contribution in [2.45, 2.75) is 20.0 Å². The van der Waals surface area contributed by atoms with Gasteiger partial charge in [-0.15, -0.1) is 0 Å². The number of pyridine rings is 1. The van der Waals surface area contributed by atoms with Gasteiger partial charge in [-0.1, -0.05) is 41.4 Å². The summed E-state index contributed by atoms with van der Waals surface area (Å²) in [5.74, 6) is -1.46. The highest BCUT2D eigenvalue weighted by molar-refractivity contribution is 6.32. The lowest BCUT2D eigenvalue weighted by atomic mass is 10.1. The summed E-state index contributed by atoms with van der Waals surface area (Å²) < 4.78 is 5.07. The number of aryl methyl sites for hydroxylation is 1. The van der Waals surface area contributed by atoms with Gasteiger partial charge in [0.25, 0.3) is 5.91 Å². The van der Waals surface area contributed by atoms with Gasteiger partial charge in [-0.3, -0.25) is 4.79 Å². The third-order valence-electron chi connectivity index (χ3n) is 3.40. The van der Waals surface area contributed by atoms with Crippen LogP contribution in [-0.4, -0.2) is 23.0 Å². The van der Waals surface area contributed by atoms with Crippen molar-refractivity contribution in [1.82, 2.24) is 4.98 Å². The Morgan fingerprint density at radius 2 is 2.00 bits per heavy atom. The summed E-state index contributed by atoms with van der Waals surface area (Å²) in [6, 6.07) is 12.2. The molecule has 6 nitrogen and oxygen atoms in total. The Morgan fingerprint density at radius 3 is 2.62 bits per heavy atom. The Kier molecular flexibility index (Phi) is 6.48. The first-order chi connectivity index (χ1) is 12.4. The number of nitrogens with zero attached hydrogens (tertiary/aromatic N) is 2. The third kappa shape index (κ3) is 5.16. The van der Waals surface area contributed by atoms with Crippen LogP contribution in [0.25, 0.3) is 6.08 Å². The molecule has 0 spiro atoms. The molecule has 0 bridgehead atoms. The Labute approximate surface area is 156 Å². The van der Waals surface area contributed by atoms with E-state index in [0.717, 1.165) is 5.56 Å². The summed E-state index contributed by atoms with van der Waals surface area (Å²) in [6.45, 7) is 3.33. The number of rotatable bonds is 5. The molecule has 0 saturated carbocycles. The number of amides is 1. The number of nitriles is 1. The Hall–Kier alpha value is -3.17. The average molecular weight is 370 g/mol. The molecule has 1 aromatic heterocycles. The van der Waals surface area contributed by atoms with Crippen molar-refractivity contribution in [2.75, 3.05) is 5.32 Å². The number of hydrogen-bond donors (Lipinski definition) is 1. The van der Waals surface area contributed by atoms with Crippen molar-refractivity contribution in [3.05, 3.63) is 64.4 Å². The minimum absolute atomic E-state index is 0.122. The molecular weight excluding hydrogens is 354 g/mol. The number of halogens is 1. The third-order valence-corrected chi connectivity index (χ3v) is 3.70. The van der Waals surface area contributed by atoms with Gasteiger partial charge in [0.05, 0.1) is 5.69 Å². The lowest BCUT2D eigenvalue weighted by Gasteiger charge is -2.13. The van der Waals surface area contributed by atoms with Gasteiger partial charge in [-0.25, -0.2) is 9.78 Å². The highest BCUT2D eigenvalue weighted by atomic mass is 35.5. The van der Waals surface area contributed by atoms with Crippen LogP contribution in [0, 0.1) is 18.3 Å².